The molecule has 1 N–H and O–H groups in total. The average molecular weight is 386 g/mol. The number of aliphatic hydroxyl groups is 1. The van der Waals surface area contributed by atoms with Gasteiger partial charge in [-0.05, 0) is 46.8 Å². The molecule has 26 heavy (non-hydrogen) atoms. The minimum Gasteiger partial charge on any atom is -0.392 e. The number of rotatable bonds is 4. The molecule has 0 bridgehead atoms. The molecule has 5 nitrogen and oxygen atoms in total. The third-order valence-electron chi connectivity index (χ3n) is 4.50. The van der Waals surface area contributed by atoms with Crippen molar-refractivity contribution >= 4 is 50.8 Å². The maximum absolute atomic E-state index is 12.4. The summed E-state index contributed by atoms with van der Waals surface area (Å²) >= 11 is 3.05. The zero-order valence-corrected chi connectivity index (χ0v) is 15.8. The van der Waals surface area contributed by atoms with Gasteiger partial charge in [0.2, 0.25) is 5.91 Å². The fourth-order valence-electron chi connectivity index (χ4n) is 3.06. The highest BCUT2D eigenvalue weighted by Gasteiger charge is 2.22. The van der Waals surface area contributed by atoms with Crippen molar-refractivity contribution < 1.29 is 9.90 Å². The minimum atomic E-state index is 0.0333. The molecule has 0 radical (unpaired) electrons. The van der Waals surface area contributed by atoms with Crippen molar-refractivity contribution in [1.29, 1.82) is 0 Å². The second-order valence-corrected chi connectivity index (χ2v) is 7.91. The molecule has 1 saturated heterocycles. The molecule has 7 heteroatoms. The number of carbonyl (C=O) groups excluding carboxylic acids is 1. The number of thiophene rings is 1. The van der Waals surface area contributed by atoms with E-state index in [0.717, 1.165) is 29.3 Å². The zero-order chi connectivity index (χ0) is 17.9. The number of piperazine rings is 1. The van der Waals surface area contributed by atoms with Gasteiger partial charge in [-0.2, -0.15) is 4.37 Å². The number of nitrogens with zero attached hydrogens (tertiary/aromatic N) is 3. The Morgan fingerprint density at radius 3 is 2.81 bits per heavy atom. The molecule has 1 fully saturated rings. The molecule has 1 aromatic carbocycles. The van der Waals surface area contributed by atoms with Gasteiger partial charge in [-0.25, -0.2) is 0 Å². The topological polar surface area (TPSA) is 56.7 Å². The SMILES string of the molecule is O=C(/C=C/c1cc(CO)cs1)N1CCN(c2nsc3ccccc23)CC1. The van der Waals surface area contributed by atoms with Crippen LogP contribution in [-0.2, 0) is 11.4 Å². The van der Waals surface area contributed by atoms with Gasteiger partial charge in [0.1, 0.15) is 5.82 Å². The zero-order valence-electron chi connectivity index (χ0n) is 14.2. The number of aliphatic hydroxyl groups excluding tert-OH is 1. The van der Waals surface area contributed by atoms with Crippen LogP contribution in [0.4, 0.5) is 5.82 Å². The van der Waals surface area contributed by atoms with Crippen LogP contribution in [0.25, 0.3) is 16.2 Å². The van der Waals surface area contributed by atoms with Gasteiger partial charge >= 0.3 is 0 Å². The maximum Gasteiger partial charge on any atom is 0.246 e. The van der Waals surface area contributed by atoms with Crippen molar-refractivity contribution in [2.45, 2.75) is 6.61 Å². The number of hydrogen-bond acceptors (Lipinski definition) is 6. The first kappa shape index (κ1) is 17.2. The first-order chi connectivity index (χ1) is 12.7. The Hall–Kier alpha value is -2.22. The predicted molar refractivity (Wildman–Crippen MR) is 108 cm³/mol. The normalized spacial score (nSPS) is 15.3. The van der Waals surface area contributed by atoms with Crippen LogP contribution in [0.5, 0.6) is 0 Å². The highest BCUT2D eigenvalue weighted by Crippen LogP contribution is 2.29. The summed E-state index contributed by atoms with van der Waals surface area (Å²) in [5.41, 5.74) is 0.881. The minimum absolute atomic E-state index is 0.0333. The quantitative estimate of drug-likeness (QED) is 0.701. The molecule has 0 unspecified atom stereocenters. The first-order valence-electron chi connectivity index (χ1n) is 8.49. The molecular weight excluding hydrogens is 366 g/mol. The fraction of sp³-hybridized carbons (Fsp3) is 0.263. The Kier molecular flexibility index (Phi) is 5.01. The first-order valence-corrected chi connectivity index (χ1v) is 10.1. The van der Waals surface area contributed by atoms with Crippen LogP contribution in [0, 0.1) is 0 Å². The van der Waals surface area contributed by atoms with E-state index in [2.05, 4.69) is 21.4 Å². The van der Waals surface area contributed by atoms with Crippen molar-refractivity contribution in [2.75, 3.05) is 31.1 Å². The molecule has 1 aliphatic heterocycles. The van der Waals surface area contributed by atoms with E-state index >= 15 is 0 Å². The van der Waals surface area contributed by atoms with Crippen molar-refractivity contribution in [3.8, 4) is 0 Å². The number of carbonyl (C=O) groups is 1. The summed E-state index contributed by atoms with van der Waals surface area (Å²) < 4.78 is 5.80. The van der Waals surface area contributed by atoms with Gasteiger partial charge in [0.15, 0.2) is 0 Å². The number of amides is 1. The number of anilines is 1. The van der Waals surface area contributed by atoms with E-state index in [0.29, 0.717) is 13.1 Å². The summed E-state index contributed by atoms with van der Waals surface area (Å²) in [5, 5.41) is 12.2. The average Bonchev–Trinajstić information content (AvgIpc) is 3.33. The van der Waals surface area contributed by atoms with E-state index in [1.54, 1.807) is 6.08 Å². The largest absolute Gasteiger partial charge is 0.392 e. The standard InChI is InChI=1S/C19H19N3O2S2/c23-12-14-11-15(25-13-14)5-6-18(24)21-7-9-22(10-8-21)19-16-3-1-2-4-17(16)26-20-19/h1-6,11,13,23H,7-10,12H2/b6-5+. The lowest BCUT2D eigenvalue weighted by Crippen LogP contribution is -2.48. The van der Waals surface area contributed by atoms with E-state index in [9.17, 15) is 4.79 Å². The molecule has 134 valence electrons. The van der Waals surface area contributed by atoms with Crippen LogP contribution in [0.2, 0.25) is 0 Å². The molecule has 4 rings (SSSR count). The molecule has 0 aliphatic carbocycles. The van der Waals surface area contributed by atoms with Gasteiger partial charge in [-0.3, -0.25) is 4.79 Å². The maximum atomic E-state index is 12.4. The van der Waals surface area contributed by atoms with Crippen LogP contribution < -0.4 is 4.90 Å². The summed E-state index contributed by atoms with van der Waals surface area (Å²) in [5.74, 6) is 1.06. The molecular formula is C19H19N3O2S2. The number of aromatic nitrogens is 1. The van der Waals surface area contributed by atoms with Gasteiger partial charge in [-0.15, -0.1) is 11.3 Å². The van der Waals surface area contributed by atoms with Crippen molar-refractivity contribution in [1.82, 2.24) is 9.27 Å². The monoisotopic (exact) mass is 385 g/mol. The van der Waals surface area contributed by atoms with Gasteiger partial charge in [0, 0.05) is 42.5 Å². The number of fused-ring (bicyclic) bond motifs is 1. The van der Waals surface area contributed by atoms with Crippen LogP contribution >= 0.6 is 22.9 Å². The van der Waals surface area contributed by atoms with Crippen LogP contribution in [0.1, 0.15) is 10.4 Å². The molecule has 3 heterocycles. The van der Waals surface area contributed by atoms with Gasteiger partial charge in [0.05, 0.1) is 11.3 Å². The molecule has 2 aromatic heterocycles. The lowest BCUT2D eigenvalue weighted by molar-refractivity contribution is -0.126. The van der Waals surface area contributed by atoms with Gasteiger partial charge in [0.25, 0.3) is 0 Å². The fourth-order valence-corrected chi connectivity index (χ4v) is 4.65. The smallest absolute Gasteiger partial charge is 0.246 e. The van der Waals surface area contributed by atoms with E-state index in [-0.39, 0.29) is 12.5 Å². The van der Waals surface area contributed by atoms with Crippen molar-refractivity contribution in [2.24, 2.45) is 0 Å². The molecule has 1 aliphatic rings. The molecule has 0 saturated carbocycles. The van der Waals surface area contributed by atoms with E-state index in [1.807, 2.05) is 34.6 Å². The molecule has 0 atom stereocenters. The summed E-state index contributed by atoms with van der Waals surface area (Å²) in [7, 11) is 0. The van der Waals surface area contributed by atoms with Crippen molar-refractivity contribution in [3.63, 3.8) is 0 Å². The summed E-state index contributed by atoms with van der Waals surface area (Å²) in [4.78, 5) is 17.5. The Balaban J connectivity index is 1.37. The molecule has 1 amide bonds. The predicted octanol–water partition coefficient (Wildman–Crippen LogP) is 3.21. The Morgan fingerprint density at radius 1 is 1.23 bits per heavy atom. The Labute approximate surface area is 160 Å². The van der Waals surface area contributed by atoms with Crippen molar-refractivity contribution in [3.05, 3.63) is 52.2 Å². The van der Waals surface area contributed by atoms with Crippen LogP contribution in [-0.4, -0.2) is 46.5 Å². The third kappa shape index (κ3) is 3.51. The summed E-state index contributed by atoms with van der Waals surface area (Å²) in [6.45, 7) is 3.01. The lowest BCUT2D eigenvalue weighted by Gasteiger charge is -2.34. The molecule has 0 spiro atoms. The van der Waals surface area contributed by atoms with E-state index in [4.69, 9.17) is 5.11 Å². The Bertz CT molecular complexity index is 939. The second-order valence-electron chi connectivity index (χ2n) is 6.16. The molecule has 3 aromatic rings. The van der Waals surface area contributed by atoms with E-state index in [1.165, 1.54) is 33.0 Å². The highest BCUT2D eigenvalue weighted by atomic mass is 32.1. The second kappa shape index (κ2) is 7.57. The van der Waals surface area contributed by atoms with Gasteiger partial charge in [-0.1, -0.05) is 12.1 Å². The van der Waals surface area contributed by atoms with Crippen LogP contribution in [0.3, 0.4) is 0 Å². The van der Waals surface area contributed by atoms with Crippen LogP contribution in [0.15, 0.2) is 41.8 Å². The summed E-state index contributed by atoms with van der Waals surface area (Å²) in [6, 6.07) is 10.2. The lowest BCUT2D eigenvalue weighted by atomic mass is 10.2. The number of benzene rings is 1. The Morgan fingerprint density at radius 2 is 2.04 bits per heavy atom. The van der Waals surface area contributed by atoms with E-state index < -0.39 is 0 Å². The number of hydrogen-bond donors (Lipinski definition) is 1. The summed E-state index contributed by atoms with van der Waals surface area (Å²) in [6.07, 6.45) is 3.45. The third-order valence-corrected chi connectivity index (χ3v) is 6.26. The highest BCUT2D eigenvalue weighted by molar-refractivity contribution is 7.13. The van der Waals surface area contributed by atoms with Gasteiger partial charge < -0.3 is 14.9 Å².